The van der Waals surface area contributed by atoms with Gasteiger partial charge in [-0.05, 0) is 38.8 Å². The fourth-order valence-corrected chi connectivity index (χ4v) is 2.69. The minimum atomic E-state index is -0.275. The van der Waals surface area contributed by atoms with Crippen molar-refractivity contribution in [3.05, 3.63) is 30.1 Å². The molecule has 1 atom stereocenters. The van der Waals surface area contributed by atoms with E-state index in [1.54, 1.807) is 30.0 Å². The van der Waals surface area contributed by atoms with Gasteiger partial charge in [-0.3, -0.25) is 4.98 Å². The molecule has 7 nitrogen and oxygen atoms in total. The summed E-state index contributed by atoms with van der Waals surface area (Å²) >= 11 is 0. The van der Waals surface area contributed by atoms with E-state index in [4.69, 9.17) is 4.74 Å². The SMILES string of the molecule is CCOC(=O)N1CCC(NC(=O)N(C)C(C)c2ccccn2)CC1. The van der Waals surface area contributed by atoms with Crippen LogP contribution in [-0.2, 0) is 4.74 Å². The normalized spacial score (nSPS) is 16.4. The van der Waals surface area contributed by atoms with Gasteiger partial charge < -0.3 is 19.9 Å². The second-order valence-corrected chi connectivity index (χ2v) is 5.95. The second kappa shape index (κ2) is 8.52. The third-order valence-electron chi connectivity index (χ3n) is 4.37. The highest BCUT2D eigenvalue weighted by molar-refractivity contribution is 5.74. The molecular weight excluding hydrogens is 308 g/mol. The number of hydrogen-bond donors (Lipinski definition) is 1. The van der Waals surface area contributed by atoms with E-state index in [-0.39, 0.29) is 24.2 Å². The molecular formula is C17H26N4O3. The Bertz CT molecular complexity index is 544. The van der Waals surface area contributed by atoms with Crippen molar-refractivity contribution in [2.24, 2.45) is 0 Å². The largest absolute Gasteiger partial charge is 0.450 e. The average molecular weight is 334 g/mol. The molecule has 0 bridgehead atoms. The predicted molar refractivity (Wildman–Crippen MR) is 90.6 cm³/mol. The van der Waals surface area contributed by atoms with Crippen molar-refractivity contribution in [2.75, 3.05) is 26.7 Å². The molecule has 1 saturated heterocycles. The zero-order valence-corrected chi connectivity index (χ0v) is 14.6. The van der Waals surface area contributed by atoms with Crippen LogP contribution >= 0.6 is 0 Å². The van der Waals surface area contributed by atoms with Gasteiger partial charge in [0.15, 0.2) is 0 Å². The molecule has 1 aliphatic rings. The summed E-state index contributed by atoms with van der Waals surface area (Å²) in [5.74, 6) is 0. The van der Waals surface area contributed by atoms with Gasteiger partial charge in [0, 0.05) is 32.4 Å². The van der Waals surface area contributed by atoms with Gasteiger partial charge in [-0.1, -0.05) is 6.07 Å². The van der Waals surface area contributed by atoms with Gasteiger partial charge in [0.1, 0.15) is 0 Å². The van der Waals surface area contributed by atoms with Gasteiger partial charge in [-0.2, -0.15) is 0 Å². The first kappa shape index (κ1) is 18.0. The Labute approximate surface area is 143 Å². The van der Waals surface area contributed by atoms with E-state index in [9.17, 15) is 9.59 Å². The van der Waals surface area contributed by atoms with Crippen molar-refractivity contribution in [1.82, 2.24) is 20.1 Å². The van der Waals surface area contributed by atoms with Crippen LogP contribution in [-0.4, -0.2) is 59.7 Å². The molecule has 7 heteroatoms. The summed E-state index contributed by atoms with van der Waals surface area (Å²) in [4.78, 5) is 31.7. The van der Waals surface area contributed by atoms with Crippen LogP contribution in [0.1, 0.15) is 38.4 Å². The Morgan fingerprint density at radius 3 is 2.71 bits per heavy atom. The van der Waals surface area contributed by atoms with Gasteiger partial charge in [0.05, 0.1) is 18.3 Å². The van der Waals surface area contributed by atoms with E-state index < -0.39 is 0 Å². The lowest BCUT2D eigenvalue weighted by atomic mass is 10.1. The first-order valence-electron chi connectivity index (χ1n) is 8.38. The van der Waals surface area contributed by atoms with Gasteiger partial charge in [0.25, 0.3) is 0 Å². The molecule has 2 rings (SSSR count). The van der Waals surface area contributed by atoms with Crippen LogP contribution in [0.2, 0.25) is 0 Å². The van der Waals surface area contributed by atoms with Crippen LogP contribution < -0.4 is 5.32 Å². The van der Waals surface area contributed by atoms with E-state index in [2.05, 4.69) is 10.3 Å². The fourth-order valence-electron chi connectivity index (χ4n) is 2.69. The lowest BCUT2D eigenvalue weighted by Gasteiger charge is -2.33. The fraction of sp³-hybridized carbons (Fsp3) is 0.588. The third kappa shape index (κ3) is 4.59. The van der Waals surface area contributed by atoms with Crippen LogP contribution in [0.4, 0.5) is 9.59 Å². The highest BCUT2D eigenvalue weighted by Gasteiger charge is 2.26. The molecule has 0 aromatic carbocycles. The van der Waals surface area contributed by atoms with Crippen LogP contribution in [0.3, 0.4) is 0 Å². The molecule has 1 aromatic heterocycles. The Hall–Kier alpha value is -2.31. The molecule has 1 fully saturated rings. The van der Waals surface area contributed by atoms with Crippen molar-refractivity contribution >= 4 is 12.1 Å². The molecule has 3 amide bonds. The summed E-state index contributed by atoms with van der Waals surface area (Å²) in [5.41, 5.74) is 0.854. The maximum absolute atomic E-state index is 12.4. The minimum Gasteiger partial charge on any atom is -0.450 e. The number of pyridine rings is 1. The highest BCUT2D eigenvalue weighted by atomic mass is 16.6. The summed E-state index contributed by atoms with van der Waals surface area (Å²) < 4.78 is 5.00. The number of nitrogens with zero attached hydrogens (tertiary/aromatic N) is 3. The average Bonchev–Trinajstić information content (AvgIpc) is 2.62. The third-order valence-corrected chi connectivity index (χ3v) is 4.37. The molecule has 1 unspecified atom stereocenters. The van der Waals surface area contributed by atoms with Crippen LogP contribution in [0.5, 0.6) is 0 Å². The second-order valence-electron chi connectivity index (χ2n) is 5.95. The van der Waals surface area contributed by atoms with Gasteiger partial charge in [-0.15, -0.1) is 0 Å². The lowest BCUT2D eigenvalue weighted by Crippen LogP contribution is -2.49. The number of rotatable bonds is 4. The number of hydrogen-bond acceptors (Lipinski definition) is 4. The van der Waals surface area contributed by atoms with E-state index in [1.165, 1.54) is 0 Å². The number of carbonyl (C=O) groups is 2. The Kier molecular flexibility index (Phi) is 6.40. The van der Waals surface area contributed by atoms with Crippen molar-refractivity contribution in [1.29, 1.82) is 0 Å². The number of nitrogens with one attached hydrogen (secondary N) is 1. The molecule has 1 aromatic rings. The molecule has 0 aliphatic carbocycles. The summed E-state index contributed by atoms with van der Waals surface area (Å²) in [6.07, 6.45) is 2.92. The van der Waals surface area contributed by atoms with Crippen molar-refractivity contribution in [3.63, 3.8) is 0 Å². The maximum Gasteiger partial charge on any atom is 0.409 e. The zero-order valence-electron chi connectivity index (χ0n) is 14.6. The number of aromatic nitrogens is 1. The highest BCUT2D eigenvalue weighted by Crippen LogP contribution is 2.17. The van der Waals surface area contributed by atoms with Crippen molar-refractivity contribution in [3.8, 4) is 0 Å². The quantitative estimate of drug-likeness (QED) is 0.917. The molecule has 24 heavy (non-hydrogen) atoms. The summed E-state index contributed by atoms with van der Waals surface area (Å²) in [6.45, 7) is 5.33. The summed E-state index contributed by atoms with van der Waals surface area (Å²) in [5, 5.41) is 3.04. The summed E-state index contributed by atoms with van der Waals surface area (Å²) in [6, 6.07) is 5.52. The lowest BCUT2D eigenvalue weighted by molar-refractivity contribution is 0.0950. The predicted octanol–water partition coefficient (Wildman–Crippen LogP) is 2.40. The maximum atomic E-state index is 12.4. The molecule has 1 aliphatic heterocycles. The molecule has 0 saturated carbocycles. The number of carbonyl (C=O) groups excluding carboxylic acids is 2. The Balaban J connectivity index is 1.82. The van der Waals surface area contributed by atoms with Gasteiger partial charge >= 0.3 is 12.1 Å². The molecule has 1 N–H and O–H groups in total. The standard InChI is InChI=1S/C17H26N4O3/c1-4-24-17(23)21-11-8-14(9-12-21)19-16(22)20(3)13(2)15-7-5-6-10-18-15/h5-7,10,13-14H,4,8-9,11-12H2,1-3H3,(H,19,22). The number of urea groups is 1. The van der Waals surface area contributed by atoms with E-state index in [0.717, 1.165) is 18.5 Å². The van der Waals surface area contributed by atoms with Gasteiger partial charge in [0.2, 0.25) is 0 Å². The monoisotopic (exact) mass is 334 g/mol. The van der Waals surface area contributed by atoms with E-state index >= 15 is 0 Å². The topological polar surface area (TPSA) is 74.8 Å². The van der Waals surface area contributed by atoms with Crippen LogP contribution in [0.15, 0.2) is 24.4 Å². The van der Waals surface area contributed by atoms with Crippen LogP contribution in [0.25, 0.3) is 0 Å². The van der Waals surface area contributed by atoms with Crippen LogP contribution in [0, 0.1) is 0 Å². The van der Waals surface area contributed by atoms with Gasteiger partial charge in [-0.25, -0.2) is 9.59 Å². The first-order chi connectivity index (χ1) is 11.5. The molecule has 132 valence electrons. The Morgan fingerprint density at radius 1 is 1.42 bits per heavy atom. The van der Waals surface area contributed by atoms with E-state index in [1.807, 2.05) is 25.1 Å². The molecule has 0 radical (unpaired) electrons. The smallest absolute Gasteiger partial charge is 0.409 e. The number of amides is 3. The van der Waals surface area contributed by atoms with Crippen molar-refractivity contribution in [2.45, 2.75) is 38.8 Å². The number of likely N-dealkylation sites (tertiary alicyclic amines) is 1. The first-order valence-corrected chi connectivity index (χ1v) is 8.38. The zero-order chi connectivity index (χ0) is 17.5. The van der Waals surface area contributed by atoms with E-state index in [0.29, 0.717) is 19.7 Å². The molecule has 2 heterocycles. The minimum absolute atomic E-state index is 0.0709. The van der Waals surface area contributed by atoms with Crippen molar-refractivity contribution < 1.29 is 14.3 Å². The number of piperidine rings is 1. The molecule has 0 spiro atoms. The summed E-state index contributed by atoms with van der Waals surface area (Å²) in [7, 11) is 1.77. The Morgan fingerprint density at radius 2 is 2.12 bits per heavy atom. The number of ether oxygens (including phenoxy) is 1.